The van der Waals surface area contributed by atoms with Crippen LogP contribution in [0.4, 0.5) is 18.9 Å². The summed E-state index contributed by atoms with van der Waals surface area (Å²) in [6.07, 6.45) is -3.19. The van der Waals surface area contributed by atoms with Gasteiger partial charge in [-0.1, -0.05) is 48.5 Å². The molecule has 0 aliphatic heterocycles. The van der Waals surface area contributed by atoms with Gasteiger partial charge < -0.3 is 4.57 Å². The Hall–Kier alpha value is -5.21. The van der Waals surface area contributed by atoms with Crippen LogP contribution in [0.2, 0.25) is 0 Å². The van der Waals surface area contributed by atoms with Crippen molar-refractivity contribution >= 4 is 37.6 Å². The average molecular weight is 584 g/mol. The molecule has 0 aliphatic carbocycles. The van der Waals surface area contributed by atoms with Crippen molar-refractivity contribution in [3.05, 3.63) is 120 Å². The van der Waals surface area contributed by atoms with Crippen molar-refractivity contribution in [1.29, 1.82) is 5.26 Å². The fourth-order valence-corrected chi connectivity index (χ4v) is 6.02. The molecule has 0 fully saturated rings. The summed E-state index contributed by atoms with van der Waals surface area (Å²) in [5.41, 5.74) is 3.47. The van der Waals surface area contributed by atoms with Crippen molar-refractivity contribution in [1.82, 2.24) is 14.5 Å². The van der Waals surface area contributed by atoms with E-state index in [-0.39, 0.29) is 28.2 Å². The molecule has 2 heterocycles. The van der Waals surface area contributed by atoms with Gasteiger partial charge in [-0.05, 0) is 65.2 Å². The number of para-hydroxylation sites is 1. The van der Waals surface area contributed by atoms with Gasteiger partial charge in [0.05, 0.1) is 28.2 Å². The van der Waals surface area contributed by atoms with Gasteiger partial charge in [0.1, 0.15) is 4.90 Å². The lowest BCUT2D eigenvalue weighted by Gasteiger charge is -2.13. The molecule has 42 heavy (non-hydrogen) atoms. The molecule has 0 atom stereocenters. The summed E-state index contributed by atoms with van der Waals surface area (Å²) < 4.78 is 72.0. The zero-order chi connectivity index (χ0) is 29.5. The SMILES string of the molecule is N#Cc1ccc(-c2ccc3nc(C(F)(F)F)n(Cc4ccc(NS(=O)(=O)c5cccc6cccnc56)cc4)c3c2)cc1. The highest BCUT2D eigenvalue weighted by Crippen LogP contribution is 2.34. The Morgan fingerprint density at radius 1 is 0.881 bits per heavy atom. The standard InChI is InChI=1S/C31H20F3N5O2S/c32-31(33,34)30-37-26-15-12-24(22-10-6-20(18-35)7-11-22)17-27(26)39(30)19-21-8-13-25(14-9-21)38-42(40,41)28-5-1-3-23-4-2-16-36-29(23)28/h1-17,38H,19H2. The van der Waals surface area contributed by atoms with E-state index in [4.69, 9.17) is 5.26 Å². The predicted octanol–water partition coefficient (Wildman–Crippen LogP) is 6.99. The van der Waals surface area contributed by atoms with E-state index in [1.165, 1.54) is 30.5 Å². The first-order valence-corrected chi connectivity index (χ1v) is 14.1. The van der Waals surface area contributed by atoms with Gasteiger partial charge >= 0.3 is 6.18 Å². The van der Waals surface area contributed by atoms with E-state index < -0.39 is 22.0 Å². The number of hydrogen-bond acceptors (Lipinski definition) is 5. The van der Waals surface area contributed by atoms with E-state index in [0.717, 1.165) is 10.1 Å². The van der Waals surface area contributed by atoms with Gasteiger partial charge in [-0.2, -0.15) is 18.4 Å². The average Bonchev–Trinajstić information content (AvgIpc) is 3.36. The molecular formula is C31H20F3N5O2S. The molecule has 11 heteroatoms. The molecular weight excluding hydrogens is 563 g/mol. The second kappa shape index (κ2) is 10.3. The van der Waals surface area contributed by atoms with E-state index in [9.17, 15) is 21.6 Å². The largest absolute Gasteiger partial charge is 0.449 e. The number of alkyl halides is 3. The minimum absolute atomic E-state index is 0.0162. The molecule has 4 aromatic carbocycles. The number of fused-ring (bicyclic) bond motifs is 2. The normalized spacial score (nSPS) is 12.0. The van der Waals surface area contributed by atoms with Crippen LogP contribution in [0.25, 0.3) is 33.1 Å². The zero-order valence-electron chi connectivity index (χ0n) is 21.7. The van der Waals surface area contributed by atoms with Crippen LogP contribution in [0.15, 0.2) is 108 Å². The van der Waals surface area contributed by atoms with Crippen LogP contribution in [-0.4, -0.2) is 23.0 Å². The van der Waals surface area contributed by atoms with Crippen LogP contribution < -0.4 is 4.72 Å². The predicted molar refractivity (Wildman–Crippen MR) is 153 cm³/mol. The van der Waals surface area contributed by atoms with E-state index in [0.29, 0.717) is 27.6 Å². The van der Waals surface area contributed by atoms with E-state index in [1.54, 1.807) is 72.8 Å². The fraction of sp³-hybridized carbons (Fsp3) is 0.0645. The van der Waals surface area contributed by atoms with Crippen molar-refractivity contribution in [2.75, 3.05) is 4.72 Å². The molecule has 2 aromatic heterocycles. The number of nitrogens with one attached hydrogen (secondary N) is 1. The minimum Gasteiger partial charge on any atom is -0.316 e. The molecule has 0 saturated carbocycles. The van der Waals surface area contributed by atoms with Gasteiger partial charge in [0.2, 0.25) is 5.82 Å². The van der Waals surface area contributed by atoms with Crippen LogP contribution in [0, 0.1) is 11.3 Å². The first kappa shape index (κ1) is 27.0. The molecule has 0 amide bonds. The molecule has 0 unspecified atom stereocenters. The highest BCUT2D eigenvalue weighted by Gasteiger charge is 2.37. The maximum atomic E-state index is 14.0. The van der Waals surface area contributed by atoms with Gasteiger partial charge in [0.15, 0.2) is 0 Å². The van der Waals surface area contributed by atoms with Gasteiger partial charge in [-0.15, -0.1) is 0 Å². The summed E-state index contributed by atoms with van der Waals surface area (Å²) in [4.78, 5) is 8.08. The lowest BCUT2D eigenvalue weighted by atomic mass is 10.0. The monoisotopic (exact) mass is 583 g/mol. The molecule has 0 aliphatic rings. The highest BCUT2D eigenvalue weighted by molar-refractivity contribution is 7.93. The first-order valence-electron chi connectivity index (χ1n) is 12.7. The molecule has 1 N–H and O–H groups in total. The number of hydrogen-bond donors (Lipinski definition) is 1. The highest BCUT2D eigenvalue weighted by atomic mass is 32.2. The van der Waals surface area contributed by atoms with Crippen molar-refractivity contribution in [2.45, 2.75) is 17.6 Å². The lowest BCUT2D eigenvalue weighted by Crippen LogP contribution is -2.16. The summed E-state index contributed by atoms with van der Waals surface area (Å²) in [6, 6.07) is 28.1. The molecule has 208 valence electrons. The Bertz CT molecular complexity index is 2090. The zero-order valence-corrected chi connectivity index (χ0v) is 22.5. The topological polar surface area (TPSA) is 101 Å². The Morgan fingerprint density at radius 3 is 2.31 bits per heavy atom. The number of aromatic nitrogens is 3. The quantitative estimate of drug-likeness (QED) is 0.228. The van der Waals surface area contributed by atoms with E-state index in [1.807, 2.05) is 6.07 Å². The number of halogens is 3. The third-order valence-corrected chi connectivity index (χ3v) is 8.19. The maximum absolute atomic E-state index is 14.0. The molecule has 6 rings (SSSR count). The molecule has 0 bridgehead atoms. The first-order chi connectivity index (χ1) is 20.1. The summed E-state index contributed by atoms with van der Waals surface area (Å²) >= 11 is 0. The second-order valence-corrected chi connectivity index (χ2v) is 11.2. The van der Waals surface area contributed by atoms with Crippen molar-refractivity contribution in [3.63, 3.8) is 0 Å². The second-order valence-electron chi connectivity index (χ2n) is 9.55. The Balaban J connectivity index is 1.32. The summed E-state index contributed by atoms with van der Waals surface area (Å²) in [7, 11) is -3.99. The summed E-state index contributed by atoms with van der Waals surface area (Å²) in [5.74, 6) is -1.04. The number of rotatable bonds is 6. The third kappa shape index (κ3) is 5.15. The van der Waals surface area contributed by atoms with Gasteiger partial charge in [0.25, 0.3) is 10.0 Å². The molecule has 0 radical (unpaired) electrons. The van der Waals surface area contributed by atoms with Crippen molar-refractivity contribution < 1.29 is 21.6 Å². The molecule has 0 spiro atoms. The number of pyridine rings is 1. The molecule has 6 aromatic rings. The number of anilines is 1. The van der Waals surface area contributed by atoms with Gasteiger partial charge in [-0.25, -0.2) is 13.4 Å². The van der Waals surface area contributed by atoms with E-state index >= 15 is 0 Å². The van der Waals surface area contributed by atoms with Crippen LogP contribution in [0.1, 0.15) is 17.0 Å². The Morgan fingerprint density at radius 2 is 1.60 bits per heavy atom. The maximum Gasteiger partial charge on any atom is 0.449 e. The third-order valence-electron chi connectivity index (χ3n) is 6.78. The van der Waals surface area contributed by atoms with Crippen LogP contribution >= 0.6 is 0 Å². The number of sulfonamides is 1. The Kier molecular flexibility index (Phi) is 6.63. The number of nitriles is 1. The van der Waals surface area contributed by atoms with E-state index in [2.05, 4.69) is 14.7 Å². The number of benzene rings is 4. The van der Waals surface area contributed by atoms with Gasteiger partial charge in [0, 0.05) is 23.8 Å². The number of imidazole rings is 1. The van der Waals surface area contributed by atoms with Gasteiger partial charge in [-0.3, -0.25) is 9.71 Å². The van der Waals surface area contributed by atoms with Crippen LogP contribution in [0.5, 0.6) is 0 Å². The summed E-state index contributed by atoms with van der Waals surface area (Å²) in [5, 5.41) is 9.73. The summed E-state index contributed by atoms with van der Waals surface area (Å²) in [6.45, 7) is -0.150. The number of nitrogens with zero attached hydrogens (tertiary/aromatic N) is 4. The van der Waals surface area contributed by atoms with Crippen LogP contribution in [0.3, 0.4) is 0 Å². The van der Waals surface area contributed by atoms with Crippen molar-refractivity contribution in [3.8, 4) is 17.2 Å². The van der Waals surface area contributed by atoms with Crippen molar-refractivity contribution in [2.24, 2.45) is 0 Å². The van der Waals surface area contributed by atoms with Crippen LogP contribution in [-0.2, 0) is 22.7 Å². The molecule has 0 saturated heterocycles. The smallest absolute Gasteiger partial charge is 0.316 e. The Labute approximate surface area is 238 Å². The lowest BCUT2D eigenvalue weighted by molar-refractivity contribution is -0.146. The molecule has 7 nitrogen and oxygen atoms in total. The fourth-order valence-electron chi connectivity index (χ4n) is 4.78. The minimum atomic E-state index is -4.70.